The van der Waals surface area contributed by atoms with E-state index >= 15 is 0 Å². The molecule has 5 nitrogen and oxygen atoms in total. The topological polar surface area (TPSA) is 52.8 Å². The number of halogens is 1. The summed E-state index contributed by atoms with van der Waals surface area (Å²) in [5.74, 6) is -0.323. The summed E-state index contributed by atoms with van der Waals surface area (Å²) in [6.07, 6.45) is 3.39. The van der Waals surface area contributed by atoms with Crippen molar-refractivity contribution in [2.75, 3.05) is 7.11 Å². The Bertz CT molecular complexity index is 829. The molecule has 0 amide bonds. The standard InChI is InChI=1S/C16H13FN2O3/c1-21-16(20)11-5-6-15-18-13(9-19(15)8-11)10-22-14-4-2-3-12(17)7-14/h2-9H,10H2,1H3. The number of carbonyl (C=O) groups is 1. The fraction of sp³-hybridized carbons (Fsp3) is 0.125. The minimum Gasteiger partial charge on any atom is -0.487 e. The van der Waals surface area contributed by atoms with E-state index < -0.39 is 5.97 Å². The molecular weight excluding hydrogens is 287 g/mol. The number of fused-ring (bicyclic) bond motifs is 1. The Morgan fingerprint density at radius 3 is 2.91 bits per heavy atom. The summed E-state index contributed by atoms with van der Waals surface area (Å²) in [5, 5.41) is 0. The molecule has 0 saturated heterocycles. The van der Waals surface area contributed by atoms with Gasteiger partial charge in [0.1, 0.15) is 23.8 Å². The number of rotatable bonds is 4. The first-order chi connectivity index (χ1) is 10.7. The lowest BCUT2D eigenvalue weighted by molar-refractivity contribution is 0.0600. The maximum absolute atomic E-state index is 13.1. The van der Waals surface area contributed by atoms with Gasteiger partial charge in [-0.05, 0) is 24.3 Å². The zero-order chi connectivity index (χ0) is 15.5. The average Bonchev–Trinajstić information content (AvgIpc) is 2.94. The molecule has 3 aromatic rings. The van der Waals surface area contributed by atoms with Crippen LogP contribution >= 0.6 is 0 Å². The van der Waals surface area contributed by atoms with E-state index in [-0.39, 0.29) is 12.4 Å². The Morgan fingerprint density at radius 2 is 2.14 bits per heavy atom. The highest BCUT2D eigenvalue weighted by molar-refractivity contribution is 5.89. The zero-order valence-electron chi connectivity index (χ0n) is 11.8. The van der Waals surface area contributed by atoms with E-state index in [2.05, 4.69) is 9.72 Å². The van der Waals surface area contributed by atoms with E-state index in [4.69, 9.17) is 4.74 Å². The number of aromatic nitrogens is 2. The lowest BCUT2D eigenvalue weighted by Gasteiger charge is -2.03. The van der Waals surface area contributed by atoms with Crippen molar-refractivity contribution in [3.05, 3.63) is 65.9 Å². The summed E-state index contributed by atoms with van der Waals surface area (Å²) in [6, 6.07) is 9.28. The van der Waals surface area contributed by atoms with Crippen LogP contribution in [0.15, 0.2) is 48.8 Å². The third-order valence-electron chi connectivity index (χ3n) is 3.10. The molecule has 0 aliphatic rings. The minimum atomic E-state index is -0.409. The number of ether oxygens (including phenoxy) is 2. The summed E-state index contributed by atoms with van der Waals surface area (Å²) in [7, 11) is 1.33. The number of hydrogen-bond acceptors (Lipinski definition) is 4. The summed E-state index contributed by atoms with van der Waals surface area (Å²) in [4.78, 5) is 15.9. The Labute approximate surface area is 125 Å². The Morgan fingerprint density at radius 1 is 1.27 bits per heavy atom. The van der Waals surface area contributed by atoms with Crippen molar-refractivity contribution in [3.63, 3.8) is 0 Å². The molecule has 6 heteroatoms. The van der Waals surface area contributed by atoms with Crippen LogP contribution in [0.4, 0.5) is 4.39 Å². The van der Waals surface area contributed by atoms with Crippen LogP contribution in [0.2, 0.25) is 0 Å². The number of hydrogen-bond donors (Lipinski definition) is 0. The summed E-state index contributed by atoms with van der Waals surface area (Å²) < 4.78 is 25.0. The maximum Gasteiger partial charge on any atom is 0.339 e. The summed E-state index contributed by atoms with van der Waals surface area (Å²) >= 11 is 0. The predicted octanol–water partition coefficient (Wildman–Crippen LogP) is 2.84. The number of benzene rings is 1. The molecule has 0 unspecified atom stereocenters. The van der Waals surface area contributed by atoms with Gasteiger partial charge in [0.05, 0.1) is 18.4 Å². The van der Waals surface area contributed by atoms with Crippen molar-refractivity contribution in [1.29, 1.82) is 0 Å². The fourth-order valence-corrected chi connectivity index (χ4v) is 2.07. The normalized spacial score (nSPS) is 10.6. The van der Waals surface area contributed by atoms with Gasteiger partial charge in [-0.1, -0.05) is 6.07 Å². The third kappa shape index (κ3) is 2.90. The molecule has 2 heterocycles. The van der Waals surface area contributed by atoms with Crippen molar-refractivity contribution >= 4 is 11.6 Å². The Hall–Kier alpha value is -2.89. The van der Waals surface area contributed by atoms with E-state index in [9.17, 15) is 9.18 Å². The van der Waals surface area contributed by atoms with Gasteiger partial charge in [0.2, 0.25) is 0 Å². The van der Waals surface area contributed by atoms with E-state index in [1.807, 2.05) is 0 Å². The summed E-state index contributed by atoms with van der Waals surface area (Å²) in [5.41, 5.74) is 1.79. The molecule has 3 rings (SSSR count). The number of nitrogens with zero attached hydrogens (tertiary/aromatic N) is 2. The number of pyridine rings is 1. The maximum atomic E-state index is 13.1. The Balaban J connectivity index is 1.78. The smallest absolute Gasteiger partial charge is 0.339 e. The van der Waals surface area contributed by atoms with Gasteiger partial charge in [-0.15, -0.1) is 0 Å². The van der Waals surface area contributed by atoms with E-state index in [0.29, 0.717) is 22.7 Å². The molecule has 0 saturated carbocycles. The molecule has 2 aromatic heterocycles. The van der Waals surface area contributed by atoms with E-state index in [0.717, 1.165) is 0 Å². The van der Waals surface area contributed by atoms with Crippen LogP contribution in [-0.4, -0.2) is 22.5 Å². The second-order valence-electron chi connectivity index (χ2n) is 4.65. The lowest BCUT2D eigenvalue weighted by Crippen LogP contribution is -2.02. The minimum absolute atomic E-state index is 0.207. The molecule has 0 aliphatic carbocycles. The Kier molecular flexibility index (Phi) is 3.74. The SMILES string of the molecule is COC(=O)c1ccc2nc(COc3cccc(F)c3)cn2c1. The average molecular weight is 300 g/mol. The second-order valence-corrected chi connectivity index (χ2v) is 4.65. The van der Waals surface area contributed by atoms with Crippen LogP contribution in [0.25, 0.3) is 5.65 Å². The monoisotopic (exact) mass is 300 g/mol. The summed E-state index contributed by atoms with van der Waals surface area (Å²) in [6.45, 7) is 0.207. The largest absolute Gasteiger partial charge is 0.487 e. The zero-order valence-corrected chi connectivity index (χ0v) is 11.8. The van der Waals surface area contributed by atoms with Crippen molar-refractivity contribution in [1.82, 2.24) is 9.38 Å². The quantitative estimate of drug-likeness (QED) is 0.695. The number of imidazole rings is 1. The van der Waals surface area contributed by atoms with Crippen LogP contribution in [-0.2, 0) is 11.3 Å². The van der Waals surface area contributed by atoms with Gasteiger partial charge >= 0.3 is 5.97 Å². The second kappa shape index (κ2) is 5.85. The lowest BCUT2D eigenvalue weighted by atomic mass is 10.3. The molecule has 0 atom stereocenters. The molecule has 0 bridgehead atoms. The molecule has 112 valence electrons. The van der Waals surface area contributed by atoms with Gasteiger partial charge in [0, 0.05) is 18.5 Å². The first kappa shape index (κ1) is 14.1. The predicted molar refractivity (Wildman–Crippen MR) is 77.3 cm³/mol. The highest BCUT2D eigenvalue weighted by Gasteiger charge is 2.08. The van der Waals surface area contributed by atoms with Crippen molar-refractivity contribution in [2.45, 2.75) is 6.61 Å². The van der Waals surface area contributed by atoms with Gasteiger partial charge in [-0.3, -0.25) is 0 Å². The van der Waals surface area contributed by atoms with Gasteiger partial charge in [-0.25, -0.2) is 14.2 Å². The third-order valence-corrected chi connectivity index (χ3v) is 3.10. The fourth-order valence-electron chi connectivity index (χ4n) is 2.07. The molecular formula is C16H13FN2O3. The van der Waals surface area contributed by atoms with Gasteiger partial charge in [0.25, 0.3) is 0 Å². The van der Waals surface area contributed by atoms with Crippen LogP contribution in [0.1, 0.15) is 16.1 Å². The van der Waals surface area contributed by atoms with Gasteiger partial charge in [0.15, 0.2) is 0 Å². The molecule has 0 spiro atoms. The van der Waals surface area contributed by atoms with Crippen molar-refractivity contribution in [3.8, 4) is 5.75 Å². The molecule has 0 radical (unpaired) electrons. The highest BCUT2D eigenvalue weighted by Crippen LogP contribution is 2.15. The van der Waals surface area contributed by atoms with Gasteiger partial charge in [-0.2, -0.15) is 0 Å². The molecule has 0 N–H and O–H groups in total. The van der Waals surface area contributed by atoms with Gasteiger partial charge < -0.3 is 13.9 Å². The molecule has 0 aliphatic heterocycles. The van der Waals surface area contributed by atoms with Crippen molar-refractivity contribution < 1.29 is 18.7 Å². The number of carbonyl (C=O) groups excluding carboxylic acids is 1. The van der Waals surface area contributed by atoms with E-state index in [1.54, 1.807) is 41.1 Å². The number of esters is 1. The van der Waals surface area contributed by atoms with Crippen LogP contribution in [0.3, 0.4) is 0 Å². The first-order valence-corrected chi connectivity index (χ1v) is 6.60. The highest BCUT2D eigenvalue weighted by atomic mass is 19.1. The molecule has 22 heavy (non-hydrogen) atoms. The van der Waals surface area contributed by atoms with Crippen molar-refractivity contribution in [2.24, 2.45) is 0 Å². The van der Waals surface area contributed by atoms with Crippen LogP contribution in [0.5, 0.6) is 5.75 Å². The number of methoxy groups -OCH3 is 1. The molecule has 1 aromatic carbocycles. The molecule has 0 fully saturated rings. The van der Waals surface area contributed by atoms with Crippen LogP contribution < -0.4 is 4.74 Å². The first-order valence-electron chi connectivity index (χ1n) is 6.60. The van der Waals surface area contributed by atoms with E-state index in [1.165, 1.54) is 19.2 Å². The van der Waals surface area contributed by atoms with Crippen LogP contribution in [0, 0.1) is 5.82 Å².